The van der Waals surface area contributed by atoms with Crippen molar-refractivity contribution >= 4 is 17.5 Å². The molecule has 1 N–H and O–H groups in total. The minimum absolute atomic E-state index is 0.00911. The monoisotopic (exact) mass is 291 g/mol. The molecule has 114 valence electrons. The average Bonchev–Trinajstić information content (AvgIpc) is 3.19. The van der Waals surface area contributed by atoms with Gasteiger partial charge in [0.1, 0.15) is 6.54 Å². The second-order valence-corrected chi connectivity index (χ2v) is 5.81. The average molecular weight is 291 g/mol. The maximum atomic E-state index is 12.2. The molecule has 1 aliphatic heterocycles. The Morgan fingerprint density at radius 3 is 2.86 bits per heavy atom. The van der Waals surface area contributed by atoms with Gasteiger partial charge in [-0.15, -0.1) is 0 Å². The van der Waals surface area contributed by atoms with Crippen LogP contribution < -0.4 is 10.2 Å². The molecule has 1 aliphatic carbocycles. The molecule has 0 aromatic carbocycles. The highest BCUT2D eigenvalue weighted by Gasteiger charge is 2.28. The van der Waals surface area contributed by atoms with Gasteiger partial charge >= 0.3 is 0 Å². The van der Waals surface area contributed by atoms with Gasteiger partial charge in [0.15, 0.2) is 0 Å². The summed E-state index contributed by atoms with van der Waals surface area (Å²) >= 11 is 0. The van der Waals surface area contributed by atoms with Crippen molar-refractivity contribution in [2.75, 3.05) is 37.6 Å². The highest BCUT2D eigenvalue weighted by atomic mass is 16.2. The van der Waals surface area contributed by atoms with Crippen LogP contribution in [-0.4, -0.2) is 59.2 Å². The fraction of sp³-hybridized carbons (Fsp3) is 0.643. The fourth-order valence-electron chi connectivity index (χ4n) is 2.52. The molecule has 3 rings (SSSR count). The number of hydrogen-bond acceptors (Lipinski definition) is 4. The van der Waals surface area contributed by atoms with Gasteiger partial charge in [-0.1, -0.05) is 0 Å². The number of piperazine rings is 1. The predicted molar refractivity (Wildman–Crippen MR) is 77.7 cm³/mol. The summed E-state index contributed by atoms with van der Waals surface area (Å²) in [5.74, 6) is 0.710. The highest BCUT2D eigenvalue weighted by Crippen LogP contribution is 2.27. The summed E-state index contributed by atoms with van der Waals surface area (Å²) in [7, 11) is 1.82. The number of amides is 2. The van der Waals surface area contributed by atoms with Gasteiger partial charge in [0.05, 0.1) is 18.4 Å². The Bertz CT molecular complexity index is 537. The van der Waals surface area contributed by atoms with Crippen molar-refractivity contribution < 1.29 is 9.59 Å². The van der Waals surface area contributed by atoms with Crippen LogP contribution in [0.1, 0.15) is 12.8 Å². The quantitative estimate of drug-likeness (QED) is 0.801. The molecule has 21 heavy (non-hydrogen) atoms. The molecule has 0 spiro atoms. The van der Waals surface area contributed by atoms with Crippen molar-refractivity contribution in [3.8, 4) is 0 Å². The maximum Gasteiger partial charge on any atom is 0.246 e. The summed E-state index contributed by atoms with van der Waals surface area (Å²) in [6.07, 6.45) is 6.02. The van der Waals surface area contributed by atoms with Gasteiger partial charge in [-0.3, -0.25) is 14.3 Å². The van der Waals surface area contributed by atoms with Crippen LogP contribution in [-0.2, 0) is 16.6 Å². The minimum Gasteiger partial charge on any atom is -0.330 e. The molecule has 0 radical (unpaired) electrons. The van der Waals surface area contributed by atoms with Gasteiger partial charge in [-0.2, -0.15) is 5.10 Å². The third kappa shape index (κ3) is 3.41. The Hall–Kier alpha value is -1.89. The van der Waals surface area contributed by atoms with E-state index in [0.717, 1.165) is 18.2 Å². The van der Waals surface area contributed by atoms with Crippen LogP contribution in [0, 0.1) is 5.92 Å². The van der Waals surface area contributed by atoms with Crippen molar-refractivity contribution in [3.63, 3.8) is 0 Å². The van der Waals surface area contributed by atoms with Crippen molar-refractivity contribution in [2.24, 2.45) is 13.0 Å². The third-order valence-corrected chi connectivity index (χ3v) is 3.98. The lowest BCUT2D eigenvalue weighted by atomic mass is 10.2. The Morgan fingerprint density at radius 2 is 2.24 bits per heavy atom. The van der Waals surface area contributed by atoms with Crippen LogP contribution in [0.3, 0.4) is 0 Å². The second-order valence-electron chi connectivity index (χ2n) is 5.81. The SMILES string of the molecule is Cn1cc(N2CCN(C(=O)CNCC3CC3)CC2=O)cn1. The molecule has 1 saturated carbocycles. The smallest absolute Gasteiger partial charge is 0.246 e. The topological polar surface area (TPSA) is 70.5 Å². The summed E-state index contributed by atoms with van der Waals surface area (Å²) in [6.45, 7) is 2.49. The highest BCUT2D eigenvalue weighted by molar-refractivity contribution is 5.97. The summed E-state index contributed by atoms with van der Waals surface area (Å²) in [6, 6.07) is 0. The third-order valence-electron chi connectivity index (χ3n) is 3.98. The number of aryl methyl sites for hydroxylation is 1. The van der Waals surface area contributed by atoms with E-state index in [4.69, 9.17) is 0 Å². The van der Waals surface area contributed by atoms with Crippen molar-refractivity contribution in [1.29, 1.82) is 0 Å². The van der Waals surface area contributed by atoms with Crippen molar-refractivity contribution in [2.45, 2.75) is 12.8 Å². The van der Waals surface area contributed by atoms with Crippen molar-refractivity contribution in [3.05, 3.63) is 12.4 Å². The van der Waals surface area contributed by atoms with Gasteiger partial charge in [-0.05, 0) is 25.3 Å². The van der Waals surface area contributed by atoms with E-state index in [-0.39, 0.29) is 18.4 Å². The normalized spacial score (nSPS) is 19.2. The Kier molecular flexibility index (Phi) is 3.92. The lowest BCUT2D eigenvalue weighted by Gasteiger charge is -2.33. The predicted octanol–water partition coefficient (Wildman–Crippen LogP) is -0.405. The van der Waals surface area contributed by atoms with E-state index in [1.54, 1.807) is 20.7 Å². The molecule has 2 fully saturated rings. The molecule has 1 aromatic heterocycles. The first kappa shape index (κ1) is 14.1. The molecule has 0 unspecified atom stereocenters. The van der Waals surface area contributed by atoms with E-state index in [1.807, 2.05) is 13.2 Å². The van der Waals surface area contributed by atoms with Gasteiger partial charge in [0, 0.05) is 26.3 Å². The Labute approximate surface area is 123 Å². The summed E-state index contributed by atoms with van der Waals surface area (Å²) in [5, 5.41) is 7.25. The number of carbonyl (C=O) groups excluding carboxylic acids is 2. The lowest BCUT2D eigenvalue weighted by molar-refractivity contribution is -0.136. The maximum absolute atomic E-state index is 12.2. The molecule has 2 aliphatic rings. The largest absolute Gasteiger partial charge is 0.330 e. The van der Waals surface area contributed by atoms with Crippen LogP contribution in [0.25, 0.3) is 0 Å². The van der Waals surface area contributed by atoms with E-state index in [0.29, 0.717) is 19.6 Å². The number of hydrogen-bond donors (Lipinski definition) is 1. The van der Waals surface area contributed by atoms with Gasteiger partial charge in [-0.25, -0.2) is 0 Å². The zero-order chi connectivity index (χ0) is 14.8. The molecular formula is C14H21N5O2. The molecular weight excluding hydrogens is 270 g/mol. The van der Waals surface area contributed by atoms with Crippen LogP contribution in [0.2, 0.25) is 0 Å². The molecule has 1 saturated heterocycles. The summed E-state index contributed by atoms with van der Waals surface area (Å²) in [5.41, 5.74) is 0.793. The van der Waals surface area contributed by atoms with E-state index in [2.05, 4.69) is 10.4 Å². The zero-order valence-corrected chi connectivity index (χ0v) is 12.3. The first-order valence-corrected chi connectivity index (χ1v) is 7.41. The summed E-state index contributed by atoms with van der Waals surface area (Å²) in [4.78, 5) is 27.6. The van der Waals surface area contributed by atoms with Gasteiger partial charge in [0.25, 0.3) is 0 Å². The van der Waals surface area contributed by atoms with Crippen molar-refractivity contribution in [1.82, 2.24) is 20.0 Å². The molecule has 7 heteroatoms. The van der Waals surface area contributed by atoms with Crippen LogP contribution in [0.5, 0.6) is 0 Å². The van der Waals surface area contributed by atoms with Crippen LogP contribution >= 0.6 is 0 Å². The molecule has 2 amide bonds. The minimum atomic E-state index is -0.0511. The standard InChI is InChI=1S/C14H21N5O2/c1-17-9-12(7-16-17)19-5-4-18(10-14(19)21)13(20)8-15-6-11-2-3-11/h7,9,11,15H,2-6,8,10H2,1H3. The lowest BCUT2D eigenvalue weighted by Crippen LogP contribution is -2.54. The second kappa shape index (κ2) is 5.85. The Balaban J connectivity index is 1.49. The van der Waals surface area contributed by atoms with Gasteiger partial charge < -0.3 is 15.1 Å². The van der Waals surface area contributed by atoms with E-state index in [1.165, 1.54) is 12.8 Å². The van der Waals surface area contributed by atoms with Crippen LogP contribution in [0.15, 0.2) is 12.4 Å². The van der Waals surface area contributed by atoms with E-state index >= 15 is 0 Å². The number of aromatic nitrogens is 2. The van der Waals surface area contributed by atoms with Gasteiger partial charge in [0.2, 0.25) is 11.8 Å². The Morgan fingerprint density at radius 1 is 1.43 bits per heavy atom. The van der Waals surface area contributed by atoms with E-state index in [9.17, 15) is 9.59 Å². The number of rotatable bonds is 5. The number of anilines is 1. The molecule has 0 bridgehead atoms. The number of nitrogens with zero attached hydrogens (tertiary/aromatic N) is 4. The number of nitrogens with one attached hydrogen (secondary N) is 1. The molecule has 7 nitrogen and oxygen atoms in total. The molecule has 2 heterocycles. The van der Waals surface area contributed by atoms with Crippen LogP contribution in [0.4, 0.5) is 5.69 Å². The summed E-state index contributed by atoms with van der Waals surface area (Å²) < 4.78 is 1.67. The fourth-order valence-corrected chi connectivity index (χ4v) is 2.52. The van der Waals surface area contributed by atoms with E-state index < -0.39 is 0 Å². The molecule has 1 aromatic rings. The first-order chi connectivity index (χ1) is 10.1. The molecule has 0 atom stereocenters. The zero-order valence-electron chi connectivity index (χ0n) is 12.3. The first-order valence-electron chi connectivity index (χ1n) is 7.41. The number of carbonyl (C=O) groups is 2.